The molecule has 5 N–H and O–H groups in total. The van der Waals surface area contributed by atoms with Crippen LogP contribution in [0.3, 0.4) is 0 Å². The van der Waals surface area contributed by atoms with Crippen LogP contribution in [0, 0.1) is 44.2 Å². The van der Waals surface area contributed by atoms with Crippen molar-refractivity contribution in [1.29, 1.82) is 0 Å². The van der Waals surface area contributed by atoms with Crippen molar-refractivity contribution in [2.75, 3.05) is 113 Å². The van der Waals surface area contributed by atoms with Crippen LogP contribution < -0.4 is 5.73 Å². The first-order valence-electron chi connectivity index (χ1n) is 47.3. The number of nitrogens with two attached hydrogens (primary N) is 1. The van der Waals surface area contributed by atoms with Gasteiger partial charge in [-0.15, -0.1) is 0 Å². The van der Waals surface area contributed by atoms with Gasteiger partial charge >= 0.3 is 0 Å². The number of H-pyrrole nitrogens is 2. The number of nitro benzene ring substituents is 3. The van der Waals surface area contributed by atoms with Gasteiger partial charge in [0.05, 0.1) is 50.9 Å². The summed E-state index contributed by atoms with van der Waals surface area (Å²) < 4.78 is 107. The molecule has 0 unspecified atom stereocenters. The Morgan fingerprint density at radius 1 is 0.404 bits per heavy atom. The molecule has 1 fully saturated rings. The van der Waals surface area contributed by atoms with E-state index in [1.165, 1.54) is 84.9 Å². The summed E-state index contributed by atoms with van der Waals surface area (Å²) in [6.07, 6.45) is 23.3. The fourth-order valence-corrected chi connectivity index (χ4v) is 21.9. The fourth-order valence-electron chi connectivity index (χ4n) is 16.9. The summed E-state index contributed by atoms with van der Waals surface area (Å²) in [6, 6.07) is 64.7. The average molecular weight is 2080 g/mol. The molecule has 33 nitrogen and oxygen atoms in total. The molecule has 0 bridgehead atoms. The minimum Gasteiger partial charge on any atom is -0.399 e. The summed E-state index contributed by atoms with van der Waals surface area (Å²) in [5, 5.41) is 44.3. The smallest absolute Gasteiger partial charge is 0.270 e. The largest absolute Gasteiger partial charge is 0.399 e. The molecule has 5 aliphatic heterocycles. The van der Waals surface area contributed by atoms with Crippen molar-refractivity contribution < 1.29 is 67.9 Å². The molecule has 0 atom stereocenters. The van der Waals surface area contributed by atoms with E-state index in [-0.39, 0.29) is 54.8 Å². The van der Waals surface area contributed by atoms with Crippen molar-refractivity contribution in [2.24, 2.45) is 0 Å². The van der Waals surface area contributed by atoms with Gasteiger partial charge in [0.15, 0.2) is 0 Å². The normalized spacial score (nSPS) is 14.9. The van der Waals surface area contributed by atoms with Gasteiger partial charge in [-0.1, -0.05) is 97.1 Å². The van der Waals surface area contributed by atoms with Crippen LogP contribution in [0.2, 0.25) is 0 Å². The summed E-state index contributed by atoms with van der Waals surface area (Å²) in [6.45, 7) is 18.2. The highest BCUT2D eigenvalue weighted by molar-refractivity contribution is 8.13. The van der Waals surface area contributed by atoms with Crippen LogP contribution in [-0.2, 0) is 53.5 Å². The molecule has 38 heteroatoms. The molecule has 146 heavy (non-hydrogen) atoms. The van der Waals surface area contributed by atoms with Crippen LogP contribution >= 0.6 is 10.7 Å². The second-order valence-corrected chi connectivity index (χ2v) is 43.8. The number of aromatic amines is 2. The SMILES string of the molecule is CC(=O)CCC(C)=O.CCO.CN1CC=C(c2c[nH]c3ccc([N+](=O)[O-])cc23)CC1.CN1CC=C(c2cn(S(=O)(=O)c3ccccc3)c3ccc(N)cc23)CC1.CN1CC=C(c2cn(S(=O)(=O)c3ccccc3)c3ccc([N+](=O)[O-])cc23)CC1.CN1CCC(=O)CC1.Cc1ccc(C)n1-c1ccc2c(c1)c(C1=CCN(C)CC1)cn2S(=O)(=O)c1ccccc1.O=S(=O)(Cl)c1ccccc1.O=[N+]([O-])c1ccc2[nH]ccc2c1. The number of hydrogen-bond acceptors (Lipinski definition) is 24. The van der Waals surface area contributed by atoms with Crippen LogP contribution in [0.4, 0.5) is 22.7 Å². The van der Waals surface area contributed by atoms with Gasteiger partial charge in [-0.2, -0.15) is 0 Å². The quantitative estimate of drug-likeness (QED) is 0.0268. The minimum absolute atomic E-state index is 0.0582. The van der Waals surface area contributed by atoms with Gasteiger partial charge in [0.2, 0.25) is 0 Å². The summed E-state index contributed by atoms with van der Waals surface area (Å²) in [5.41, 5.74) is 22.2. The molecular formula is C108H120ClN15O18S4. The Labute approximate surface area is 853 Å². The van der Waals surface area contributed by atoms with Crippen molar-refractivity contribution >= 4 is 167 Å². The third-order valence-electron chi connectivity index (χ3n) is 25.0. The molecular weight excluding hydrogens is 1960 g/mol. The molecule has 15 aromatic rings. The zero-order valence-electron chi connectivity index (χ0n) is 82.9. The molecule has 1 saturated heterocycles. The first-order chi connectivity index (χ1) is 69.5. The number of aromatic nitrogens is 6. The molecule has 0 aliphatic carbocycles. The molecule has 0 saturated carbocycles. The number of carbonyl (C=O) groups excluding carboxylic acids is 3. The fraction of sp³-hybridized carbons (Fsp3) is 0.269. The number of aryl methyl sites for hydroxylation is 2. The van der Waals surface area contributed by atoms with Crippen LogP contribution in [0.15, 0.2) is 305 Å². The van der Waals surface area contributed by atoms with E-state index in [0.29, 0.717) is 51.1 Å². The third kappa shape index (κ3) is 28.3. The number of benzene rings is 9. The second kappa shape index (κ2) is 50.1. The zero-order chi connectivity index (χ0) is 105. The number of nitrogens with one attached hydrogen (secondary N) is 2. The van der Waals surface area contributed by atoms with E-state index in [0.717, 1.165) is 181 Å². The number of non-ortho nitro benzene ring substituents is 3. The van der Waals surface area contributed by atoms with Crippen molar-refractivity contribution in [2.45, 2.75) is 106 Å². The average Bonchev–Trinajstić information content (AvgIpc) is 1.60. The molecule has 20 rings (SSSR count). The molecule has 0 radical (unpaired) electrons. The Bertz CT molecular complexity index is 7830. The van der Waals surface area contributed by atoms with E-state index >= 15 is 0 Å². The molecule has 5 aliphatic rings. The third-order valence-corrected chi connectivity index (χ3v) is 31.4. The van der Waals surface area contributed by atoms with Crippen LogP contribution in [0.5, 0.6) is 0 Å². The highest BCUT2D eigenvalue weighted by Crippen LogP contribution is 2.40. The van der Waals surface area contributed by atoms with Crippen LogP contribution in [0.25, 0.3) is 82.5 Å². The number of carbonyl (C=O) groups is 3. The van der Waals surface area contributed by atoms with Crippen molar-refractivity contribution in [3.05, 3.63) is 350 Å². The monoisotopic (exact) mass is 2080 g/mol. The minimum atomic E-state index is -3.82. The van der Waals surface area contributed by atoms with Gasteiger partial charge in [-0.05, 0) is 239 Å². The molecule has 0 amide bonds. The lowest BCUT2D eigenvalue weighted by Gasteiger charge is -2.21. The van der Waals surface area contributed by atoms with E-state index in [4.69, 9.17) is 21.5 Å². The van der Waals surface area contributed by atoms with E-state index in [1.54, 1.807) is 159 Å². The number of hydrogen-bond donors (Lipinski definition) is 4. The van der Waals surface area contributed by atoms with Gasteiger partial charge in [0.25, 0.3) is 56.2 Å². The Hall–Kier alpha value is -14.2. The van der Waals surface area contributed by atoms with Crippen LogP contribution in [-0.4, -0.2) is 229 Å². The molecule has 0 spiro atoms. The second-order valence-electron chi connectivity index (χ2n) is 35.8. The molecule has 11 heterocycles. The van der Waals surface area contributed by atoms with E-state index in [9.17, 15) is 78.4 Å². The highest BCUT2D eigenvalue weighted by atomic mass is 35.7. The number of nitro groups is 3. The number of Topliss-reactive ketones (excluding diaryl/α,β-unsaturated/α-hetero) is 3. The summed E-state index contributed by atoms with van der Waals surface area (Å²) in [5.74, 6) is 0.587. The maximum absolute atomic E-state index is 13.5. The van der Waals surface area contributed by atoms with E-state index in [1.807, 2.05) is 62.9 Å². The van der Waals surface area contributed by atoms with Crippen LogP contribution in [0.1, 0.15) is 106 Å². The number of rotatable bonds is 18. The number of likely N-dealkylation sites (tertiary alicyclic amines) is 1. The number of halogens is 1. The first-order valence-corrected chi connectivity index (χ1v) is 53.9. The predicted molar refractivity (Wildman–Crippen MR) is 578 cm³/mol. The number of likely N-dealkylation sites (N-methyl/N-ethyl adjacent to an activating group) is 4. The highest BCUT2D eigenvalue weighted by Gasteiger charge is 2.30. The van der Waals surface area contributed by atoms with Gasteiger partial charge in [0.1, 0.15) is 17.3 Å². The number of nitrogens with zero attached hydrogens (tertiary/aromatic N) is 12. The van der Waals surface area contributed by atoms with Gasteiger partial charge < -0.3 is 59.5 Å². The number of aliphatic hydroxyl groups excluding tert-OH is 1. The molecule has 9 aromatic carbocycles. The van der Waals surface area contributed by atoms with E-state index in [2.05, 4.69) is 117 Å². The first kappa shape index (κ1) is 111. The van der Waals surface area contributed by atoms with Crippen molar-refractivity contribution in [1.82, 2.24) is 51.0 Å². The number of fused-ring (bicyclic) bond motifs is 5. The maximum atomic E-state index is 13.5. The predicted octanol–water partition coefficient (Wildman–Crippen LogP) is 19.4. The Kier molecular flexibility index (Phi) is 37.9. The number of aliphatic hydroxyl groups is 1. The molecule has 766 valence electrons. The lowest BCUT2D eigenvalue weighted by Crippen LogP contribution is -2.29. The van der Waals surface area contributed by atoms with Gasteiger partial charge in [0, 0.05) is 259 Å². The Morgan fingerprint density at radius 3 is 1.10 bits per heavy atom. The maximum Gasteiger partial charge on any atom is 0.270 e. The number of piperidine rings is 1. The summed E-state index contributed by atoms with van der Waals surface area (Å²) >= 11 is 0. The molecule has 6 aromatic heterocycles. The zero-order valence-corrected chi connectivity index (χ0v) is 86.9. The Balaban J connectivity index is 0.000000154. The van der Waals surface area contributed by atoms with Crippen molar-refractivity contribution in [3.63, 3.8) is 0 Å². The summed E-state index contributed by atoms with van der Waals surface area (Å²) in [4.78, 5) is 80.4. The summed E-state index contributed by atoms with van der Waals surface area (Å²) in [7, 11) is 0.643. The van der Waals surface area contributed by atoms with E-state index < -0.39 is 49.0 Å². The number of ketones is 3. The van der Waals surface area contributed by atoms with Crippen molar-refractivity contribution in [3.8, 4) is 5.69 Å². The lowest BCUT2D eigenvalue weighted by atomic mass is 9.99. The standard InChI is InChI=1S/C26H27N3O2S.C20H19N3O4S.C20H21N3O2S.C14H15N3O2.C8H6N2O2.C6H5ClO2S.C6H11NO.C6H10O2.C2H6O/c1-19-9-10-20(2)29(19)22-11-12-26-24(17-22)25(21-13-15-27(3)16-14-21)18-28(26)32(30,31)23-7-5-4-6-8-23;1-21-11-9-15(10-12-21)19-14-22(28(26,27)17-5-3-2-4-6-17)20-8-7-16(23(24)25)13-18(19)20;1-22-11-9-15(10-12-22)19-14-23(20-8-7-16(21)13-18(19)20)26(24,25)17-5-3-2-4-6-17;1-16-6-4-10(5-7-16)13-9-15-14-3-2-11(17(18)19)8-12(13)14;11-10(12)7-1-2-8-6(5-7)3-4-9-8;7-10(8,9)6-4-2-1-3-5-6;1-7-4-2-6(8)3-5-7;1-5(7)3-4-6(2)8;1-2-3/h4-13,17-18H,14-16H2,1-3H3;2-9,13-14H,10-12H2,1H3;2-9,13-14H,10-12,21H2,1H3;2-4,8-9,15H,5-7H2,1H3;1-5,9H;1-5H;2-5H2,1H3;3-4H2,1-2H3;3H,2H2,1H3. The Morgan fingerprint density at radius 2 is 0.740 bits per heavy atom. The topological polar surface area (TPSA) is 431 Å². The van der Waals surface area contributed by atoms with Gasteiger partial charge in [-0.25, -0.2) is 45.6 Å². The number of nitrogen functional groups attached to an aromatic ring is 1. The lowest BCUT2D eigenvalue weighted by molar-refractivity contribution is -0.384. The van der Waals surface area contributed by atoms with Gasteiger partial charge in [-0.3, -0.25) is 35.1 Å². The number of anilines is 1.